The van der Waals surface area contributed by atoms with Crippen molar-refractivity contribution in [3.8, 4) is 0 Å². The predicted octanol–water partition coefficient (Wildman–Crippen LogP) is 1.62. The Kier molecular flexibility index (Phi) is 15.4. The molecule has 1 aliphatic heterocycles. The lowest BCUT2D eigenvalue weighted by atomic mass is 9.83. The summed E-state index contributed by atoms with van der Waals surface area (Å²) in [7, 11) is 0. The number of rotatable bonds is 15. The van der Waals surface area contributed by atoms with Crippen LogP contribution in [0.2, 0.25) is 0 Å². The topological polar surface area (TPSA) is 167 Å². The first-order valence-corrected chi connectivity index (χ1v) is 17.3. The van der Waals surface area contributed by atoms with Crippen LogP contribution in [0.3, 0.4) is 0 Å². The first-order valence-electron chi connectivity index (χ1n) is 15.9. The summed E-state index contributed by atoms with van der Waals surface area (Å²) in [6, 6.07) is 5.98. The zero-order valence-electron chi connectivity index (χ0n) is 26.6. The minimum absolute atomic E-state index is 0.200. The number of nitrogens with one attached hydrogen (secondary N) is 3. The number of amides is 4. The van der Waals surface area contributed by atoms with Gasteiger partial charge in [0.25, 0.3) is 0 Å². The quantitative estimate of drug-likeness (QED) is 0.177. The van der Waals surface area contributed by atoms with Gasteiger partial charge in [-0.05, 0) is 38.0 Å². The first-order chi connectivity index (χ1) is 21.6. The van der Waals surface area contributed by atoms with Gasteiger partial charge in [-0.2, -0.15) is 11.8 Å². The van der Waals surface area contributed by atoms with E-state index in [1.54, 1.807) is 25.0 Å². The van der Waals surface area contributed by atoms with Crippen LogP contribution in [0, 0.1) is 5.92 Å². The van der Waals surface area contributed by atoms with Crippen LogP contribution in [-0.2, 0) is 30.3 Å². The van der Waals surface area contributed by atoms with E-state index in [9.17, 15) is 29.4 Å². The average molecular weight is 651 g/mol. The van der Waals surface area contributed by atoms with Gasteiger partial charge in [0.05, 0.1) is 25.4 Å². The van der Waals surface area contributed by atoms with E-state index in [2.05, 4.69) is 16.0 Å². The van der Waals surface area contributed by atoms with Crippen LogP contribution in [0.15, 0.2) is 30.3 Å². The smallest absolute Gasteiger partial charge is 0.338 e. The van der Waals surface area contributed by atoms with E-state index >= 15 is 0 Å². The summed E-state index contributed by atoms with van der Waals surface area (Å²) in [6.45, 7) is 4.92. The van der Waals surface area contributed by atoms with Gasteiger partial charge in [0.1, 0.15) is 18.2 Å². The first kappa shape index (κ1) is 36.6. The van der Waals surface area contributed by atoms with Gasteiger partial charge in [-0.3, -0.25) is 9.59 Å². The Morgan fingerprint density at radius 2 is 1.60 bits per heavy atom. The Hall–Kier alpha value is -2.87. The lowest BCUT2D eigenvalue weighted by Gasteiger charge is -2.33. The van der Waals surface area contributed by atoms with E-state index in [-0.39, 0.29) is 18.1 Å². The van der Waals surface area contributed by atoms with Gasteiger partial charge >= 0.3 is 12.0 Å². The Bertz CT molecular complexity index is 1080. The minimum atomic E-state index is -1.85. The molecule has 12 nitrogen and oxygen atoms in total. The van der Waals surface area contributed by atoms with Crippen LogP contribution in [-0.4, -0.2) is 114 Å². The molecule has 2 aliphatic rings. The highest BCUT2D eigenvalue weighted by molar-refractivity contribution is 7.98. The number of carbonyl (C=O) groups is 4. The molecule has 13 heteroatoms. The molecule has 1 heterocycles. The molecule has 3 rings (SSSR count). The molecule has 1 aromatic rings. The summed E-state index contributed by atoms with van der Waals surface area (Å²) in [5.74, 6) is -1.63. The van der Waals surface area contributed by atoms with E-state index < -0.39 is 60.3 Å². The molecule has 0 spiro atoms. The molecule has 5 atom stereocenters. The van der Waals surface area contributed by atoms with Crippen LogP contribution in [0.5, 0.6) is 0 Å². The maximum absolute atomic E-state index is 13.7. The van der Waals surface area contributed by atoms with Gasteiger partial charge in [-0.1, -0.05) is 62.4 Å². The highest BCUT2D eigenvalue weighted by Gasteiger charge is 2.37. The van der Waals surface area contributed by atoms with E-state index in [0.717, 1.165) is 37.7 Å². The second-order valence-corrected chi connectivity index (χ2v) is 13.0. The predicted molar refractivity (Wildman–Crippen MR) is 172 cm³/mol. The summed E-state index contributed by atoms with van der Waals surface area (Å²) >= 11 is 1.35. The number of nitrogens with zero attached hydrogens (tertiary/aromatic N) is 1. The fourth-order valence-electron chi connectivity index (χ4n) is 5.70. The minimum Gasteiger partial charge on any atom is -0.461 e. The molecule has 45 heavy (non-hydrogen) atoms. The number of thioether (sulfide) groups is 1. The number of morpholine rings is 1. The van der Waals surface area contributed by atoms with Crippen LogP contribution < -0.4 is 16.0 Å². The van der Waals surface area contributed by atoms with Crippen molar-refractivity contribution in [1.82, 2.24) is 20.9 Å². The Morgan fingerprint density at radius 1 is 0.956 bits per heavy atom. The van der Waals surface area contributed by atoms with Gasteiger partial charge in [0, 0.05) is 25.3 Å². The SMILES string of the molecule is CSC[C@H](NC(=O)[C@H](Cc1ccccc1)NC(=O)N1CCOCC1)C(=O)N[C@@H](CC1CCCCC1)[C@@H](O)[C@@H](O)C(=O)OC(C)C. The number of ether oxygens (including phenoxy) is 2. The molecular weight excluding hydrogens is 600 g/mol. The molecule has 4 amide bonds. The highest BCUT2D eigenvalue weighted by atomic mass is 32.2. The number of urea groups is 1. The summed E-state index contributed by atoms with van der Waals surface area (Å²) in [6.07, 6.45) is 3.45. The van der Waals surface area contributed by atoms with Gasteiger partial charge in [0.2, 0.25) is 11.8 Å². The number of hydrogen-bond acceptors (Lipinski definition) is 9. The van der Waals surface area contributed by atoms with Crippen molar-refractivity contribution in [2.75, 3.05) is 38.3 Å². The molecule has 0 unspecified atom stereocenters. The zero-order chi connectivity index (χ0) is 32.8. The molecule has 252 valence electrons. The van der Waals surface area contributed by atoms with E-state index in [0.29, 0.717) is 32.7 Å². The molecule has 2 fully saturated rings. The van der Waals surface area contributed by atoms with Crippen LogP contribution in [0.25, 0.3) is 0 Å². The van der Waals surface area contributed by atoms with Crippen molar-refractivity contribution < 1.29 is 38.9 Å². The third-order valence-corrected chi connectivity index (χ3v) is 8.80. The second-order valence-electron chi connectivity index (χ2n) is 12.1. The monoisotopic (exact) mass is 650 g/mol. The fourth-order valence-corrected chi connectivity index (χ4v) is 6.27. The summed E-state index contributed by atoms with van der Waals surface area (Å²) in [4.78, 5) is 54.4. The number of hydrogen-bond donors (Lipinski definition) is 5. The van der Waals surface area contributed by atoms with Crippen LogP contribution >= 0.6 is 11.8 Å². The molecule has 1 aromatic carbocycles. The number of carbonyl (C=O) groups excluding carboxylic acids is 4. The maximum atomic E-state index is 13.7. The van der Waals surface area contributed by atoms with Crippen molar-refractivity contribution in [3.05, 3.63) is 35.9 Å². The number of esters is 1. The summed E-state index contributed by atoms with van der Waals surface area (Å²) in [5.41, 5.74) is 0.837. The Morgan fingerprint density at radius 3 is 2.22 bits per heavy atom. The average Bonchev–Trinajstić information content (AvgIpc) is 3.04. The molecule has 1 saturated heterocycles. The lowest BCUT2D eigenvalue weighted by molar-refractivity contribution is -0.165. The molecule has 0 radical (unpaired) electrons. The Balaban J connectivity index is 1.76. The van der Waals surface area contributed by atoms with Crippen LogP contribution in [0.1, 0.15) is 57.9 Å². The lowest BCUT2D eigenvalue weighted by Crippen LogP contribution is -2.60. The van der Waals surface area contributed by atoms with Crippen LogP contribution in [0.4, 0.5) is 4.79 Å². The Labute approximate surface area is 270 Å². The zero-order valence-corrected chi connectivity index (χ0v) is 27.4. The van der Waals surface area contributed by atoms with Gasteiger partial charge in [0.15, 0.2) is 6.10 Å². The van der Waals surface area contributed by atoms with Crippen molar-refractivity contribution in [3.63, 3.8) is 0 Å². The summed E-state index contributed by atoms with van der Waals surface area (Å²) in [5, 5.41) is 30.2. The number of aliphatic hydroxyl groups excluding tert-OH is 2. The number of aliphatic hydroxyl groups is 2. The van der Waals surface area contributed by atoms with Crippen molar-refractivity contribution in [1.29, 1.82) is 0 Å². The standard InChI is InChI=1S/C32H50N4O8S/c1-21(2)44-31(41)28(38)27(37)24(18-22-10-6-4-7-11-22)33-30(40)26(20-45-3)34-29(39)25(19-23-12-8-5-9-13-23)35-32(42)36-14-16-43-17-15-36/h5,8-9,12-13,21-22,24-28,37-38H,4,6-7,10-11,14-20H2,1-3H3,(H,33,40)(H,34,39)(H,35,42)/t24-,25-,26-,27+,28+/m0/s1. The fraction of sp³-hybridized carbons (Fsp3) is 0.688. The normalized spacial score (nSPS) is 19.1. The van der Waals surface area contributed by atoms with Gasteiger partial charge < -0.3 is 40.5 Å². The third kappa shape index (κ3) is 12.1. The maximum Gasteiger partial charge on any atom is 0.338 e. The summed E-state index contributed by atoms with van der Waals surface area (Å²) < 4.78 is 10.4. The van der Waals surface area contributed by atoms with Gasteiger partial charge in [-0.25, -0.2) is 9.59 Å². The molecular formula is C32H50N4O8S. The van der Waals surface area contributed by atoms with Crippen molar-refractivity contribution in [2.45, 2.75) is 95.2 Å². The molecule has 5 N–H and O–H groups in total. The molecule has 0 aromatic heterocycles. The third-order valence-electron chi connectivity index (χ3n) is 8.13. The van der Waals surface area contributed by atoms with Crippen molar-refractivity contribution in [2.24, 2.45) is 5.92 Å². The molecule has 1 saturated carbocycles. The number of benzene rings is 1. The van der Waals surface area contributed by atoms with E-state index in [1.165, 1.54) is 11.8 Å². The largest absolute Gasteiger partial charge is 0.461 e. The second kappa shape index (κ2) is 18.9. The van der Waals surface area contributed by atoms with E-state index in [4.69, 9.17) is 9.47 Å². The highest BCUT2D eigenvalue weighted by Crippen LogP contribution is 2.28. The van der Waals surface area contributed by atoms with E-state index in [1.807, 2.05) is 30.3 Å². The van der Waals surface area contributed by atoms with Crippen molar-refractivity contribution >= 4 is 35.6 Å². The van der Waals surface area contributed by atoms with Gasteiger partial charge in [-0.15, -0.1) is 0 Å². The molecule has 0 bridgehead atoms. The molecule has 1 aliphatic carbocycles.